The third-order valence-electron chi connectivity index (χ3n) is 1.95. The summed E-state index contributed by atoms with van der Waals surface area (Å²) in [7, 11) is 0. The molecule has 0 aliphatic carbocycles. The van der Waals surface area contributed by atoms with Gasteiger partial charge in [0.25, 0.3) is 0 Å². The van der Waals surface area contributed by atoms with E-state index in [1.54, 1.807) is 6.20 Å². The van der Waals surface area contributed by atoms with E-state index in [1.165, 1.54) is 0 Å². The molecule has 0 fully saturated rings. The number of hydrogen-bond acceptors (Lipinski definition) is 4. The summed E-state index contributed by atoms with van der Waals surface area (Å²) in [5.74, 6) is 1.40. The maximum absolute atomic E-state index is 4.35. The molecule has 0 spiro atoms. The molecule has 4 nitrogen and oxygen atoms in total. The highest BCUT2D eigenvalue weighted by atomic mass is 15.2. The summed E-state index contributed by atoms with van der Waals surface area (Å²) in [5, 5.41) is 11.0. The molecule has 0 bridgehead atoms. The largest absolute Gasteiger partial charge is 0.369 e. The van der Waals surface area contributed by atoms with Crippen LogP contribution in [0.5, 0.6) is 0 Å². The first-order valence-electron chi connectivity index (χ1n) is 4.89. The maximum Gasteiger partial charge on any atom is 0.183 e. The minimum absolute atomic E-state index is 0.647. The molecule has 1 aromatic heterocycles. The van der Waals surface area contributed by atoms with Gasteiger partial charge in [0, 0.05) is 12.1 Å². The van der Waals surface area contributed by atoms with Crippen molar-refractivity contribution in [1.82, 2.24) is 15.2 Å². The van der Waals surface area contributed by atoms with E-state index in [1.807, 2.05) is 37.3 Å². The molecule has 0 unspecified atom stereocenters. The molecule has 0 radical (unpaired) electrons. The van der Waals surface area contributed by atoms with Crippen molar-refractivity contribution in [2.75, 3.05) is 11.9 Å². The first-order valence-corrected chi connectivity index (χ1v) is 4.89. The molecule has 0 aliphatic rings. The molecule has 76 valence electrons. The topological polar surface area (TPSA) is 50.7 Å². The van der Waals surface area contributed by atoms with Gasteiger partial charge in [-0.2, -0.15) is 5.10 Å². The van der Waals surface area contributed by atoms with Gasteiger partial charge in [0.05, 0.1) is 6.20 Å². The number of hydrogen-bond donors (Lipinski definition) is 1. The fourth-order valence-electron chi connectivity index (χ4n) is 1.28. The highest BCUT2D eigenvalue weighted by Gasteiger charge is 2.01. The summed E-state index contributed by atoms with van der Waals surface area (Å²) in [6.07, 6.45) is 1.62. The van der Waals surface area contributed by atoms with Crippen molar-refractivity contribution in [3.63, 3.8) is 0 Å². The van der Waals surface area contributed by atoms with Gasteiger partial charge in [-0.25, -0.2) is 4.98 Å². The van der Waals surface area contributed by atoms with E-state index in [0.717, 1.165) is 17.9 Å². The summed E-state index contributed by atoms with van der Waals surface area (Å²) in [5.41, 5.74) is 0.977. The van der Waals surface area contributed by atoms with Crippen LogP contribution in [0.2, 0.25) is 0 Å². The van der Waals surface area contributed by atoms with Crippen molar-refractivity contribution < 1.29 is 0 Å². The lowest BCUT2D eigenvalue weighted by Crippen LogP contribution is -2.02. The lowest BCUT2D eigenvalue weighted by Gasteiger charge is -2.02. The number of aromatic nitrogens is 3. The predicted octanol–water partition coefficient (Wildman–Crippen LogP) is 1.97. The lowest BCUT2D eigenvalue weighted by molar-refractivity contribution is 0.972. The summed E-state index contributed by atoms with van der Waals surface area (Å²) in [6.45, 7) is 2.84. The fourth-order valence-corrected chi connectivity index (χ4v) is 1.28. The Morgan fingerprint density at radius 1 is 1.20 bits per heavy atom. The minimum atomic E-state index is 0.647. The molecular weight excluding hydrogens is 188 g/mol. The standard InChI is InChI=1S/C11H12N4/c1-2-12-10-8-13-15-11(14-10)9-6-4-3-5-7-9/h3-8H,2H2,1H3,(H,12,14,15). The molecule has 0 saturated heterocycles. The average Bonchev–Trinajstić information content (AvgIpc) is 2.31. The monoisotopic (exact) mass is 200 g/mol. The third kappa shape index (κ3) is 2.28. The van der Waals surface area contributed by atoms with Gasteiger partial charge in [-0.3, -0.25) is 0 Å². The molecule has 4 heteroatoms. The van der Waals surface area contributed by atoms with Gasteiger partial charge < -0.3 is 5.32 Å². The van der Waals surface area contributed by atoms with Crippen LogP contribution in [-0.4, -0.2) is 21.7 Å². The van der Waals surface area contributed by atoms with Crippen LogP contribution in [0, 0.1) is 0 Å². The van der Waals surface area contributed by atoms with Crippen LogP contribution >= 0.6 is 0 Å². The van der Waals surface area contributed by atoms with E-state index in [2.05, 4.69) is 20.5 Å². The van der Waals surface area contributed by atoms with Crippen LogP contribution in [0.3, 0.4) is 0 Å². The Bertz CT molecular complexity index is 428. The molecule has 1 aromatic carbocycles. The molecule has 15 heavy (non-hydrogen) atoms. The van der Waals surface area contributed by atoms with Crippen LogP contribution in [0.15, 0.2) is 36.5 Å². The van der Waals surface area contributed by atoms with Crippen molar-refractivity contribution in [3.05, 3.63) is 36.5 Å². The molecule has 0 atom stereocenters. The fraction of sp³-hybridized carbons (Fsp3) is 0.182. The molecule has 2 aromatic rings. The third-order valence-corrected chi connectivity index (χ3v) is 1.95. The molecule has 2 rings (SSSR count). The Morgan fingerprint density at radius 3 is 2.73 bits per heavy atom. The van der Waals surface area contributed by atoms with Gasteiger partial charge in [-0.1, -0.05) is 30.3 Å². The normalized spacial score (nSPS) is 9.93. The van der Waals surface area contributed by atoms with Crippen molar-refractivity contribution in [2.24, 2.45) is 0 Å². The second kappa shape index (κ2) is 4.50. The second-order valence-electron chi connectivity index (χ2n) is 3.06. The van der Waals surface area contributed by atoms with Gasteiger partial charge in [0.15, 0.2) is 5.82 Å². The zero-order valence-electron chi connectivity index (χ0n) is 8.51. The van der Waals surface area contributed by atoms with Gasteiger partial charge >= 0.3 is 0 Å². The molecular formula is C11H12N4. The van der Waals surface area contributed by atoms with Crippen LogP contribution in [0.1, 0.15) is 6.92 Å². The SMILES string of the molecule is CCNc1cnnc(-c2ccccc2)n1. The number of anilines is 1. The number of rotatable bonds is 3. The predicted molar refractivity (Wildman–Crippen MR) is 59.4 cm³/mol. The van der Waals surface area contributed by atoms with Gasteiger partial charge in [-0.05, 0) is 6.92 Å². The van der Waals surface area contributed by atoms with E-state index in [4.69, 9.17) is 0 Å². The molecule has 0 aliphatic heterocycles. The van der Waals surface area contributed by atoms with E-state index in [9.17, 15) is 0 Å². The average molecular weight is 200 g/mol. The first kappa shape index (κ1) is 9.58. The Morgan fingerprint density at radius 2 is 2.00 bits per heavy atom. The van der Waals surface area contributed by atoms with E-state index < -0.39 is 0 Å². The van der Waals surface area contributed by atoms with Crippen molar-refractivity contribution in [2.45, 2.75) is 6.92 Å². The molecule has 1 heterocycles. The van der Waals surface area contributed by atoms with Gasteiger partial charge in [0.2, 0.25) is 0 Å². The number of nitrogens with zero attached hydrogens (tertiary/aromatic N) is 3. The Kier molecular flexibility index (Phi) is 2.88. The lowest BCUT2D eigenvalue weighted by atomic mass is 10.2. The number of benzene rings is 1. The zero-order valence-corrected chi connectivity index (χ0v) is 8.51. The van der Waals surface area contributed by atoms with Crippen LogP contribution in [0.4, 0.5) is 5.82 Å². The Hall–Kier alpha value is -1.97. The molecule has 0 saturated carbocycles. The van der Waals surface area contributed by atoms with Crippen LogP contribution in [0.25, 0.3) is 11.4 Å². The van der Waals surface area contributed by atoms with Crippen LogP contribution in [-0.2, 0) is 0 Å². The Labute approximate surface area is 88.4 Å². The smallest absolute Gasteiger partial charge is 0.183 e. The number of nitrogens with one attached hydrogen (secondary N) is 1. The molecule has 0 amide bonds. The summed E-state index contributed by atoms with van der Waals surface area (Å²) >= 11 is 0. The van der Waals surface area contributed by atoms with Crippen LogP contribution < -0.4 is 5.32 Å². The highest BCUT2D eigenvalue weighted by molar-refractivity contribution is 5.55. The Balaban J connectivity index is 2.33. The first-order chi connectivity index (χ1) is 7.40. The zero-order chi connectivity index (χ0) is 10.5. The summed E-state index contributed by atoms with van der Waals surface area (Å²) < 4.78 is 0. The van der Waals surface area contributed by atoms with E-state index in [-0.39, 0.29) is 0 Å². The van der Waals surface area contributed by atoms with Crippen molar-refractivity contribution in [3.8, 4) is 11.4 Å². The van der Waals surface area contributed by atoms with E-state index in [0.29, 0.717) is 5.82 Å². The molecule has 1 N–H and O–H groups in total. The van der Waals surface area contributed by atoms with Crippen molar-refractivity contribution in [1.29, 1.82) is 0 Å². The summed E-state index contributed by atoms with van der Waals surface area (Å²) in [6, 6.07) is 9.81. The maximum atomic E-state index is 4.35. The van der Waals surface area contributed by atoms with Crippen molar-refractivity contribution >= 4 is 5.82 Å². The second-order valence-corrected chi connectivity index (χ2v) is 3.06. The quantitative estimate of drug-likeness (QED) is 0.823. The van der Waals surface area contributed by atoms with Gasteiger partial charge in [0.1, 0.15) is 5.82 Å². The van der Waals surface area contributed by atoms with Gasteiger partial charge in [-0.15, -0.1) is 5.10 Å². The minimum Gasteiger partial charge on any atom is -0.369 e. The van der Waals surface area contributed by atoms with E-state index >= 15 is 0 Å². The summed E-state index contributed by atoms with van der Waals surface area (Å²) in [4.78, 5) is 4.35. The highest BCUT2D eigenvalue weighted by Crippen LogP contribution is 2.13.